The molecule has 1 heterocycles. The zero-order valence-electron chi connectivity index (χ0n) is 9.69. The molecule has 0 aliphatic heterocycles. The van der Waals surface area contributed by atoms with Crippen molar-refractivity contribution in [3.05, 3.63) is 21.9 Å². The van der Waals surface area contributed by atoms with Crippen LogP contribution in [0.15, 0.2) is 6.20 Å². The molecule has 9 heteroatoms. The highest BCUT2D eigenvalue weighted by molar-refractivity contribution is 5.92. The topological polar surface area (TPSA) is 125 Å². The summed E-state index contributed by atoms with van der Waals surface area (Å²) in [4.78, 5) is 31.8. The normalized spacial score (nSPS) is 11.9. The molecule has 0 aromatic carbocycles. The number of carboxylic acids is 1. The maximum atomic E-state index is 11.3. The number of ether oxygens (including phenoxy) is 1. The molecule has 0 aliphatic carbocycles. The minimum Gasteiger partial charge on any atom is -0.481 e. The number of hydrogen-bond donors (Lipinski definition) is 1. The van der Waals surface area contributed by atoms with Gasteiger partial charge >= 0.3 is 17.8 Å². The second-order valence-electron chi connectivity index (χ2n) is 3.58. The molecule has 0 spiro atoms. The average molecular weight is 257 g/mol. The van der Waals surface area contributed by atoms with Gasteiger partial charge in [0.1, 0.15) is 0 Å². The third-order valence-corrected chi connectivity index (χ3v) is 2.20. The fraction of sp³-hybridized carbons (Fsp3) is 0.444. The lowest BCUT2D eigenvalue weighted by atomic mass is 10.2. The molecule has 0 amide bonds. The molecule has 0 aliphatic rings. The Hall–Kier alpha value is -2.45. The summed E-state index contributed by atoms with van der Waals surface area (Å²) < 4.78 is 5.42. The molecule has 1 aromatic rings. The number of nitro groups is 1. The molecule has 1 rings (SSSR count). The molecule has 1 atom stereocenters. The van der Waals surface area contributed by atoms with E-state index < -0.39 is 28.6 Å². The van der Waals surface area contributed by atoms with Gasteiger partial charge in [0, 0.05) is 0 Å². The van der Waals surface area contributed by atoms with Crippen LogP contribution in [-0.4, -0.2) is 38.9 Å². The number of aromatic nitrogens is 2. The molecule has 0 fully saturated rings. The van der Waals surface area contributed by atoms with Gasteiger partial charge in [0.15, 0.2) is 5.56 Å². The first kappa shape index (κ1) is 13.6. The molecule has 18 heavy (non-hydrogen) atoms. The van der Waals surface area contributed by atoms with E-state index in [9.17, 15) is 19.7 Å². The monoisotopic (exact) mass is 257 g/mol. The number of carbonyl (C=O) groups excluding carboxylic acids is 1. The number of hydrogen-bond acceptors (Lipinski definition) is 6. The van der Waals surface area contributed by atoms with E-state index in [1.807, 2.05) is 0 Å². The highest BCUT2D eigenvalue weighted by Gasteiger charge is 2.28. The highest BCUT2D eigenvalue weighted by atomic mass is 16.6. The summed E-state index contributed by atoms with van der Waals surface area (Å²) in [6.07, 6.45) is 1.10. The summed E-state index contributed by atoms with van der Waals surface area (Å²) in [6.45, 7) is 1.35. The Morgan fingerprint density at radius 2 is 2.28 bits per heavy atom. The summed E-state index contributed by atoms with van der Waals surface area (Å²) in [5, 5.41) is 23.0. The largest absolute Gasteiger partial charge is 0.481 e. The van der Waals surface area contributed by atoms with Gasteiger partial charge in [0.05, 0.1) is 30.9 Å². The zero-order chi connectivity index (χ0) is 13.9. The van der Waals surface area contributed by atoms with E-state index in [4.69, 9.17) is 5.11 Å². The predicted octanol–water partition coefficient (Wildman–Crippen LogP) is 0.299. The zero-order valence-corrected chi connectivity index (χ0v) is 9.69. The molecular formula is C9H11N3O6. The fourth-order valence-electron chi connectivity index (χ4n) is 1.25. The van der Waals surface area contributed by atoms with E-state index in [1.54, 1.807) is 0 Å². The molecule has 0 bridgehead atoms. The molecule has 1 N–H and O–H groups in total. The van der Waals surface area contributed by atoms with Gasteiger partial charge in [-0.25, -0.2) is 4.79 Å². The Balaban J connectivity index is 3.06. The van der Waals surface area contributed by atoms with Crippen LogP contribution in [0.5, 0.6) is 0 Å². The van der Waals surface area contributed by atoms with Crippen LogP contribution in [0.25, 0.3) is 0 Å². The van der Waals surface area contributed by atoms with Gasteiger partial charge in [-0.15, -0.1) is 0 Å². The number of aliphatic carboxylic acids is 1. The first-order valence-electron chi connectivity index (χ1n) is 4.89. The summed E-state index contributed by atoms with van der Waals surface area (Å²) in [7, 11) is 1.09. The number of esters is 1. The van der Waals surface area contributed by atoms with Gasteiger partial charge in [-0.3, -0.25) is 4.79 Å². The van der Waals surface area contributed by atoms with Crippen LogP contribution < -0.4 is 0 Å². The van der Waals surface area contributed by atoms with Crippen molar-refractivity contribution in [3.8, 4) is 0 Å². The fourth-order valence-corrected chi connectivity index (χ4v) is 1.25. The van der Waals surface area contributed by atoms with E-state index in [1.165, 1.54) is 6.92 Å². The maximum Gasteiger partial charge on any atom is 0.404 e. The second-order valence-corrected chi connectivity index (χ2v) is 3.58. The smallest absolute Gasteiger partial charge is 0.404 e. The van der Waals surface area contributed by atoms with E-state index in [0.29, 0.717) is 0 Å². The van der Waals surface area contributed by atoms with E-state index in [0.717, 1.165) is 18.0 Å². The van der Waals surface area contributed by atoms with E-state index >= 15 is 0 Å². The van der Waals surface area contributed by atoms with Gasteiger partial charge in [-0.1, -0.05) is 6.92 Å². The SMILES string of the molecule is COC(=O)c1cn(C[C@H](C)C(=O)O)nc1[N+](=O)[O-]. The van der Waals surface area contributed by atoms with Crippen LogP contribution in [0.3, 0.4) is 0 Å². The number of rotatable bonds is 5. The minimum atomic E-state index is -1.06. The Kier molecular flexibility index (Phi) is 3.97. The van der Waals surface area contributed by atoms with E-state index in [-0.39, 0.29) is 12.1 Å². The standard InChI is InChI=1S/C9H11N3O6/c1-5(8(13)14)3-11-4-6(9(15)18-2)7(10-11)12(16)17/h4-5H,3H2,1-2H3,(H,13,14)/t5-/m0/s1. The lowest BCUT2D eigenvalue weighted by Gasteiger charge is -2.01. The maximum absolute atomic E-state index is 11.3. The van der Waals surface area contributed by atoms with Crippen LogP contribution >= 0.6 is 0 Å². The van der Waals surface area contributed by atoms with Crippen molar-refractivity contribution in [1.29, 1.82) is 0 Å². The van der Waals surface area contributed by atoms with Crippen LogP contribution in [0, 0.1) is 16.0 Å². The highest BCUT2D eigenvalue weighted by Crippen LogP contribution is 2.17. The Morgan fingerprint density at radius 1 is 1.67 bits per heavy atom. The van der Waals surface area contributed by atoms with Gasteiger partial charge < -0.3 is 20.0 Å². The lowest BCUT2D eigenvalue weighted by Crippen LogP contribution is -2.17. The number of carboxylic acid groups (broad SMARTS) is 1. The van der Waals surface area contributed by atoms with Gasteiger partial charge in [0.25, 0.3) is 0 Å². The lowest BCUT2D eigenvalue weighted by molar-refractivity contribution is -0.390. The van der Waals surface area contributed by atoms with Crippen molar-refractivity contribution >= 4 is 17.8 Å². The molecule has 98 valence electrons. The number of nitrogens with zero attached hydrogens (tertiary/aromatic N) is 3. The summed E-state index contributed by atoms with van der Waals surface area (Å²) in [5.74, 6) is -3.39. The molecule has 0 radical (unpaired) electrons. The molecule has 0 saturated carbocycles. The summed E-state index contributed by atoms with van der Waals surface area (Å²) in [5.41, 5.74) is -0.305. The third-order valence-electron chi connectivity index (χ3n) is 2.20. The van der Waals surface area contributed by atoms with Crippen LogP contribution in [-0.2, 0) is 16.1 Å². The van der Waals surface area contributed by atoms with Crippen molar-refractivity contribution in [2.75, 3.05) is 7.11 Å². The van der Waals surface area contributed by atoms with E-state index in [2.05, 4.69) is 9.84 Å². The average Bonchev–Trinajstić information content (AvgIpc) is 2.71. The van der Waals surface area contributed by atoms with Gasteiger partial charge in [-0.05, 0) is 4.92 Å². The Morgan fingerprint density at radius 3 is 2.72 bits per heavy atom. The minimum absolute atomic E-state index is 0.0762. The Labute approximate surface area is 101 Å². The predicted molar refractivity (Wildman–Crippen MR) is 57.0 cm³/mol. The Bertz CT molecular complexity index is 494. The first-order valence-corrected chi connectivity index (χ1v) is 4.89. The van der Waals surface area contributed by atoms with Crippen LogP contribution in [0.4, 0.5) is 5.82 Å². The third kappa shape index (κ3) is 2.81. The second kappa shape index (κ2) is 5.25. The quantitative estimate of drug-likeness (QED) is 0.456. The molecule has 9 nitrogen and oxygen atoms in total. The first-order chi connectivity index (χ1) is 8.36. The van der Waals surface area contributed by atoms with Crippen LogP contribution in [0.2, 0.25) is 0 Å². The number of carbonyl (C=O) groups is 2. The van der Waals surface area contributed by atoms with Gasteiger partial charge in [-0.2, -0.15) is 4.68 Å². The number of methoxy groups -OCH3 is 1. The van der Waals surface area contributed by atoms with Crippen molar-refractivity contribution in [2.24, 2.45) is 5.92 Å². The van der Waals surface area contributed by atoms with Crippen molar-refractivity contribution < 1.29 is 24.4 Å². The molecular weight excluding hydrogens is 246 g/mol. The van der Waals surface area contributed by atoms with Crippen LogP contribution in [0.1, 0.15) is 17.3 Å². The van der Waals surface area contributed by atoms with Crippen molar-refractivity contribution in [2.45, 2.75) is 13.5 Å². The summed E-state index contributed by atoms with van der Waals surface area (Å²) >= 11 is 0. The van der Waals surface area contributed by atoms with Crippen molar-refractivity contribution in [1.82, 2.24) is 9.78 Å². The summed E-state index contributed by atoms with van der Waals surface area (Å²) in [6, 6.07) is 0. The van der Waals surface area contributed by atoms with Gasteiger partial charge in [0.2, 0.25) is 0 Å². The molecule has 1 aromatic heterocycles. The molecule has 0 saturated heterocycles. The molecule has 0 unspecified atom stereocenters. The van der Waals surface area contributed by atoms with Crippen molar-refractivity contribution in [3.63, 3.8) is 0 Å².